The van der Waals surface area contributed by atoms with E-state index in [0.717, 1.165) is 16.3 Å². The normalized spacial score (nSPS) is 13.7. The molecule has 19 heavy (non-hydrogen) atoms. The van der Waals surface area contributed by atoms with Crippen LogP contribution in [0, 0.1) is 0 Å². The minimum atomic E-state index is -4.20. The molecule has 102 valence electrons. The first-order valence-electron chi connectivity index (χ1n) is 6.16. The first kappa shape index (κ1) is 13.9. The number of hydrogen-bond donors (Lipinski definition) is 1. The summed E-state index contributed by atoms with van der Waals surface area (Å²) in [7, 11) is 0. The van der Waals surface area contributed by atoms with Gasteiger partial charge in [-0.15, -0.1) is 0 Å². The van der Waals surface area contributed by atoms with E-state index in [0.29, 0.717) is 0 Å². The molecule has 0 saturated heterocycles. The maximum absolute atomic E-state index is 12.1. The van der Waals surface area contributed by atoms with Gasteiger partial charge in [-0.3, -0.25) is 0 Å². The Kier molecular flexibility index (Phi) is 4.10. The molecule has 0 aromatic heterocycles. The maximum atomic E-state index is 12.1. The van der Waals surface area contributed by atoms with Crippen molar-refractivity contribution in [2.24, 2.45) is 0 Å². The van der Waals surface area contributed by atoms with E-state index in [1.165, 1.54) is 0 Å². The lowest BCUT2D eigenvalue weighted by Crippen LogP contribution is -2.16. The monoisotopic (exact) mass is 268 g/mol. The van der Waals surface area contributed by atoms with E-state index in [1.54, 1.807) is 0 Å². The molecule has 0 radical (unpaired) electrons. The molecule has 0 saturated carbocycles. The molecule has 2 aromatic rings. The van der Waals surface area contributed by atoms with Gasteiger partial charge in [0, 0.05) is 6.42 Å². The molecular formula is C15H15F3O. The van der Waals surface area contributed by atoms with Crippen LogP contribution < -0.4 is 0 Å². The van der Waals surface area contributed by atoms with Gasteiger partial charge in [0.25, 0.3) is 0 Å². The number of halogens is 3. The molecule has 0 aliphatic rings. The predicted molar refractivity (Wildman–Crippen MR) is 68.9 cm³/mol. The highest BCUT2D eigenvalue weighted by atomic mass is 19.4. The lowest BCUT2D eigenvalue weighted by Gasteiger charge is -2.12. The van der Waals surface area contributed by atoms with Gasteiger partial charge in [-0.2, -0.15) is 13.2 Å². The van der Waals surface area contributed by atoms with Gasteiger partial charge < -0.3 is 5.11 Å². The molecule has 0 fully saturated rings. The standard InChI is InChI=1S/C15H15F3O/c16-15(17,18)8-7-14(19)10-11-5-6-12-3-1-2-4-13(12)9-11/h1-6,9,14,19H,7-8,10H2. The van der Waals surface area contributed by atoms with Gasteiger partial charge in [0.2, 0.25) is 0 Å². The van der Waals surface area contributed by atoms with E-state index in [-0.39, 0.29) is 12.8 Å². The molecule has 0 amide bonds. The third-order valence-electron chi connectivity index (χ3n) is 3.05. The Hall–Kier alpha value is -1.55. The summed E-state index contributed by atoms with van der Waals surface area (Å²) in [6, 6.07) is 13.4. The molecule has 2 aromatic carbocycles. The third-order valence-corrected chi connectivity index (χ3v) is 3.05. The molecule has 4 heteroatoms. The van der Waals surface area contributed by atoms with Gasteiger partial charge in [0.15, 0.2) is 0 Å². The van der Waals surface area contributed by atoms with Gasteiger partial charge in [0.05, 0.1) is 6.10 Å². The van der Waals surface area contributed by atoms with Crippen LogP contribution in [0.5, 0.6) is 0 Å². The van der Waals surface area contributed by atoms with Crippen molar-refractivity contribution in [2.75, 3.05) is 0 Å². The van der Waals surface area contributed by atoms with Gasteiger partial charge in [-0.05, 0) is 29.2 Å². The highest BCUT2D eigenvalue weighted by Gasteiger charge is 2.27. The smallest absolute Gasteiger partial charge is 0.389 e. The van der Waals surface area contributed by atoms with E-state index in [2.05, 4.69) is 0 Å². The van der Waals surface area contributed by atoms with Crippen molar-refractivity contribution >= 4 is 10.8 Å². The fraction of sp³-hybridized carbons (Fsp3) is 0.333. The van der Waals surface area contributed by atoms with Crippen LogP contribution in [-0.4, -0.2) is 17.4 Å². The number of fused-ring (bicyclic) bond motifs is 1. The minimum Gasteiger partial charge on any atom is -0.393 e. The molecule has 2 rings (SSSR count). The van der Waals surface area contributed by atoms with Crippen molar-refractivity contribution in [1.29, 1.82) is 0 Å². The fourth-order valence-electron chi connectivity index (χ4n) is 2.07. The van der Waals surface area contributed by atoms with Crippen molar-refractivity contribution in [3.63, 3.8) is 0 Å². The Morgan fingerprint density at radius 3 is 2.37 bits per heavy atom. The summed E-state index contributed by atoms with van der Waals surface area (Å²) in [5.74, 6) is 0. The SMILES string of the molecule is OC(CCC(F)(F)F)Cc1ccc2ccccc2c1. The van der Waals surface area contributed by atoms with Gasteiger partial charge in [-0.25, -0.2) is 0 Å². The maximum Gasteiger partial charge on any atom is 0.389 e. The summed E-state index contributed by atoms with van der Waals surface area (Å²) in [5, 5.41) is 11.7. The Morgan fingerprint density at radius 2 is 1.68 bits per heavy atom. The molecule has 1 nitrogen and oxygen atoms in total. The zero-order valence-electron chi connectivity index (χ0n) is 10.3. The van der Waals surface area contributed by atoms with Crippen molar-refractivity contribution in [3.8, 4) is 0 Å². The topological polar surface area (TPSA) is 20.2 Å². The lowest BCUT2D eigenvalue weighted by molar-refractivity contribution is -0.139. The average molecular weight is 268 g/mol. The molecule has 0 heterocycles. The summed E-state index contributed by atoms with van der Waals surface area (Å²) >= 11 is 0. The van der Waals surface area contributed by atoms with Gasteiger partial charge in [0.1, 0.15) is 0 Å². The van der Waals surface area contributed by atoms with Crippen LogP contribution in [0.4, 0.5) is 13.2 Å². The van der Waals surface area contributed by atoms with E-state index >= 15 is 0 Å². The van der Waals surface area contributed by atoms with Crippen LogP contribution in [-0.2, 0) is 6.42 Å². The van der Waals surface area contributed by atoms with Gasteiger partial charge >= 0.3 is 6.18 Å². The van der Waals surface area contributed by atoms with Crippen LogP contribution in [0.1, 0.15) is 18.4 Å². The second-order valence-corrected chi connectivity index (χ2v) is 4.69. The molecular weight excluding hydrogens is 253 g/mol. The number of hydrogen-bond acceptors (Lipinski definition) is 1. The fourth-order valence-corrected chi connectivity index (χ4v) is 2.07. The minimum absolute atomic E-state index is 0.251. The highest BCUT2D eigenvalue weighted by Crippen LogP contribution is 2.23. The predicted octanol–water partition coefficient (Wildman–Crippen LogP) is 4.09. The van der Waals surface area contributed by atoms with Crippen LogP contribution in [0.2, 0.25) is 0 Å². The summed E-state index contributed by atoms with van der Waals surface area (Å²) < 4.78 is 36.2. The van der Waals surface area contributed by atoms with Crippen LogP contribution in [0.15, 0.2) is 42.5 Å². The largest absolute Gasteiger partial charge is 0.393 e. The molecule has 0 spiro atoms. The van der Waals surface area contributed by atoms with E-state index in [9.17, 15) is 18.3 Å². The lowest BCUT2D eigenvalue weighted by atomic mass is 10.0. The Labute approximate surface area is 109 Å². The molecule has 0 aliphatic carbocycles. The first-order valence-corrected chi connectivity index (χ1v) is 6.16. The number of alkyl halides is 3. The van der Waals surface area contributed by atoms with Crippen LogP contribution in [0.25, 0.3) is 10.8 Å². The quantitative estimate of drug-likeness (QED) is 0.885. The molecule has 0 bridgehead atoms. The number of benzene rings is 2. The van der Waals surface area contributed by atoms with Crippen LogP contribution >= 0.6 is 0 Å². The second-order valence-electron chi connectivity index (χ2n) is 4.69. The van der Waals surface area contributed by atoms with E-state index < -0.39 is 18.7 Å². The molecule has 1 atom stereocenters. The van der Waals surface area contributed by atoms with Crippen LogP contribution in [0.3, 0.4) is 0 Å². The third kappa shape index (κ3) is 4.24. The zero-order valence-corrected chi connectivity index (χ0v) is 10.3. The number of aliphatic hydroxyl groups excluding tert-OH is 1. The summed E-state index contributed by atoms with van der Waals surface area (Å²) in [5.41, 5.74) is 0.855. The molecule has 0 aliphatic heterocycles. The Morgan fingerprint density at radius 1 is 1.00 bits per heavy atom. The van der Waals surface area contributed by atoms with Crippen molar-refractivity contribution in [2.45, 2.75) is 31.5 Å². The highest BCUT2D eigenvalue weighted by molar-refractivity contribution is 5.82. The second kappa shape index (κ2) is 5.61. The number of aliphatic hydroxyl groups is 1. The first-order chi connectivity index (χ1) is 8.94. The summed E-state index contributed by atoms with van der Waals surface area (Å²) in [6.07, 6.45) is -6.11. The van der Waals surface area contributed by atoms with Gasteiger partial charge in [-0.1, -0.05) is 42.5 Å². The van der Waals surface area contributed by atoms with E-state index in [4.69, 9.17) is 0 Å². The number of rotatable bonds is 4. The van der Waals surface area contributed by atoms with Crippen molar-refractivity contribution in [3.05, 3.63) is 48.0 Å². The van der Waals surface area contributed by atoms with Crippen molar-refractivity contribution < 1.29 is 18.3 Å². The molecule has 1 unspecified atom stereocenters. The Bertz CT molecular complexity index is 548. The van der Waals surface area contributed by atoms with E-state index in [1.807, 2.05) is 42.5 Å². The average Bonchev–Trinajstić information content (AvgIpc) is 2.35. The summed E-state index contributed by atoms with van der Waals surface area (Å²) in [6.45, 7) is 0. The molecule has 1 N–H and O–H groups in total. The summed E-state index contributed by atoms with van der Waals surface area (Å²) in [4.78, 5) is 0. The Balaban J connectivity index is 2.00. The van der Waals surface area contributed by atoms with Crippen molar-refractivity contribution in [1.82, 2.24) is 0 Å². The zero-order chi connectivity index (χ0) is 13.9.